The number of hydrogen-bond donors (Lipinski definition) is 1. The largest absolute Gasteiger partial charge is 0.444 e. The van der Waals surface area contributed by atoms with Crippen molar-refractivity contribution in [1.29, 1.82) is 0 Å². The maximum Gasteiger partial charge on any atom is 0.412 e. The minimum Gasteiger partial charge on any atom is -0.444 e. The van der Waals surface area contributed by atoms with E-state index in [4.69, 9.17) is 9.72 Å². The molecule has 6 heteroatoms. The molecule has 0 atom stereocenters. The van der Waals surface area contributed by atoms with Crippen molar-refractivity contribution in [3.8, 4) is 0 Å². The molecule has 5 rings (SSSR count). The number of carbonyl (C=O) groups excluding carboxylic acids is 2. The number of allylic oxidation sites excluding steroid dienone is 1. The summed E-state index contributed by atoms with van der Waals surface area (Å²) in [5.41, 5.74) is 5.22. The first-order chi connectivity index (χ1) is 16.8. The van der Waals surface area contributed by atoms with E-state index in [-0.39, 0.29) is 5.78 Å². The molecule has 0 unspecified atom stereocenters. The Morgan fingerprint density at radius 2 is 1.71 bits per heavy atom. The minimum absolute atomic E-state index is 0.0178. The molecule has 0 saturated carbocycles. The number of para-hydroxylation sites is 1. The highest BCUT2D eigenvalue weighted by Crippen LogP contribution is 2.39. The van der Waals surface area contributed by atoms with Crippen molar-refractivity contribution >= 4 is 28.5 Å². The summed E-state index contributed by atoms with van der Waals surface area (Å²) < 4.78 is 5.49. The quantitative estimate of drug-likeness (QED) is 0.483. The van der Waals surface area contributed by atoms with Crippen LogP contribution >= 0.6 is 0 Å². The number of aromatic nitrogens is 1. The summed E-state index contributed by atoms with van der Waals surface area (Å²) in [6.45, 7) is 8.23. The second-order valence-corrected chi connectivity index (χ2v) is 10.3. The van der Waals surface area contributed by atoms with E-state index in [1.807, 2.05) is 51.1 Å². The molecule has 2 aliphatic rings. The predicted molar refractivity (Wildman–Crippen MR) is 138 cm³/mol. The SMILES string of the molecule is CC(C)(C)OC(=O)Nc1c2c(nc3ccccc13)CC(=C1CCN(Cc3ccccc3)CC1)C2=O. The lowest BCUT2D eigenvalue weighted by molar-refractivity contribution is 0.0636. The number of nitrogens with zero attached hydrogens (tertiary/aromatic N) is 2. The van der Waals surface area contributed by atoms with Crippen LogP contribution in [0.5, 0.6) is 0 Å². The molecular formula is C29H31N3O3. The van der Waals surface area contributed by atoms with Gasteiger partial charge in [-0.1, -0.05) is 54.1 Å². The van der Waals surface area contributed by atoms with Gasteiger partial charge in [-0.3, -0.25) is 20.0 Å². The van der Waals surface area contributed by atoms with Gasteiger partial charge >= 0.3 is 6.09 Å². The standard InChI is InChI=1S/C29H31N3O3/c1-29(2,3)35-28(34)31-26-21-11-7-8-12-23(21)30-24-17-22(27(33)25(24)26)20-13-15-32(16-14-20)18-19-9-5-4-6-10-19/h4-12H,13-18H2,1-3H3,(H,30,31,34). The van der Waals surface area contributed by atoms with Crippen molar-refractivity contribution in [2.75, 3.05) is 18.4 Å². The summed E-state index contributed by atoms with van der Waals surface area (Å²) in [5.74, 6) is -0.0178. The third-order valence-corrected chi connectivity index (χ3v) is 6.57. The van der Waals surface area contributed by atoms with E-state index in [9.17, 15) is 9.59 Å². The molecule has 0 spiro atoms. The van der Waals surface area contributed by atoms with Gasteiger partial charge in [0.05, 0.1) is 22.5 Å². The second kappa shape index (κ2) is 9.27. The van der Waals surface area contributed by atoms with Crippen LogP contribution in [0.3, 0.4) is 0 Å². The molecule has 3 aromatic rings. The lowest BCUT2D eigenvalue weighted by atomic mass is 9.95. The van der Waals surface area contributed by atoms with Gasteiger partial charge in [-0.25, -0.2) is 4.79 Å². The number of pyridine rings is 1. The number of carbonyl (C=O) groups is 2. The maximum atomic E-state index is 13.7. The molecule has 1 amide bonds. The highest BCUT2D eigenvalue weighted by molar-refractivity contribution is 6.21. The zero-order valence-corrected chi connectivity index (χ0v) is 20.6. The van der Waals surface area contributed by atoms with Gasteiger partial charge in [-0.05, 0) is 45.2 Å². The number of amides is 1. The van der Waals surface area contributed by atoms with E-state index >= 15 is 0 Å². The summed E-state index contributed by atoms with van der Waals surface area (Å²) >= 11 is 0. The Bertz CT molecular complexity index is 1310. The van der Waals surface area contributed by atoms with E-state index in [1.54, 1.807) is 0 Å². The fourth-order valence-corrected chi connectivity index (χ4v) is 4.98. The number of benzene rings is 2. The molecule has 2 heterocycles. The van der Waals surface area contributed by atoms with Gasteiger partial charge in [-0.2, -0.15) is 0 Å². The minimum atomic E-state index is -0.638. The zero-order valence-electron chi connectivity index (χ0n) is 20.6. The van der Waals surface area contributed by atoms with Crippen molar-refractivity contribution in [2.24, 2.45) is 0 Å². The molecule has 0 bridgehead atoms. The summed E-state index contributed by atoms with van der Waals surface area (Å²) in [6.07, 6.45) is 1.68. The fourth-order valence-electron chi connectivity index (χ4n) is 4.98. The van der Waals surface area contributed by atoms with Crippen LogP contribution in [0.2, 0.25) is 0 Å². The third-order valence-electron chi connectivity index (χ3n) is 6.57. The molecule has 6 nitrogen and oxygen atoms in total. The van der Waals surface area contributed by atoms with Crippen LogP contribution in [0.25, 0.3) is 10.9 Å². The van der Waals surface area contributed by atoms with Gasteiger partial charge in [0, 0.05) is 37.0 Å². The third kappa shape index (κ3) is 4.98. The number of nitrogens with one attached hydrogen (secondary N) is 1. The maximum absolute atomic E-state index is 13.7. The van der Waals surface area contributed by atoms with Crippen LogP contribution in [0, 0.1) is 0 Å². The van der Waals surface area contributed by atoms with Crippen LogP contribution in [0.15, 0.2) is 65.7 Å². The van der Waals surface area contributed by atoms with E-state index in [0.717, 1.165) is 54.6 Å². The second-order valence-electron chi connectivity index (χ2n) is 10.3. The molecule has 1 aliphatic carbocycles. The van der Waals surface area contributed by atoms with Crippen LogP contribution in [0.1, 0.15) is 55.2 Å². The number of rotatable bonds is 3. The number of piperidine rings is 1. The Morgan fingerprint density at radius 3 is 2.43 bits per heavy atom. The van der Waals surface area contributed by atoms with Gasteiger partial charge in [-0.15, -0.1) is 0 Å². The molecule has 2 aromatic carbocycles. The van der Waals surface area contributed by atoms with E-state index in [2.05, 4.69) is 34.5 Å². The van der Waals surface area contributed by atoms with Gasteiger partial charge in [0.2, 0.25) is 0 Å². The average Bonchev–Trinajstić information content (AvgIpc) is 3.15. The Hall–Kier alpha value is -3.51. The molecule has 35 heavy (non-hydrogen) atoms. The first-order valence-corrected chi connectivity index (χ1v) is 12.2. The van der Waals surface area contributed by atoms with E-state index < -0.39 is 11.7 Å². The molecule has 1 saturated heterocycles. The van der Waals surface area contributed by atoms with Gasteiger partial charge in [0.15, 0.2) is 5.78 Å². The van der Waals surface area contributed by atoms with E-state index in [0.29, 0.717) is 17.7 Å². The van der Waals surface area contributed by atoms with Crippen molar-refractivity contribution in [1.82, 2.24) is 9.88 Å². The Balaban J connectivity index is 1.42. The van der Waals surface area contributed by atoms with Crippen LogP contribution in [0.4, 0.5) is 10.5 Å². The summed E-state index contributed by atoms with van der Waals surface area (Å²) in [5, 5.41) is 3.62. The Labute approximate surface area is 206 Å². The highest BCUT2D eigenvalue weighted by atomic mass is 16.6. The summed E-state index contributed by atoms with van der Waals surface area (Å²) in [4.78, 5) is 33.6. The normalized spacial score (nSPS) is 16.5. The molecule has 1 N–H and O–H groups in total. The van der Waals surface area contributed by atoms with Crippen molar-refractivity contribution in [3.63, 3.8) is 0 Å². The summed E-state index contributed by atoms with van der Waals surface area (Å²) in [6, 6.07) is 18.1. The molecule has 1 aliphatic heterocycles. The van der Waals surface area contributed by atoms with Gasteiger partial charge in [0.25, 0.3) is 0 Å². The Kier molecular flexibility index (Phi) is 6.15. The molecule has 1 aromatic heterocycles. The number of anilines is 1. The predicted octanol–water partition coefficient (Wildman–Crippen LogP) is 5.91. The van der Waals surface area contributed by atoms with Crippen molar-refractivity contribution < 1.29 is 14.3 Å². The van der Waals surface area contributed by atoms with Gasteiger partial charge < -0.3 is 4.74 Å². The van der Waals surface area contributed by atoms with Crippen LogP contribution in [-0.2, 0) is 17.7 Å². The first kappa shape index (κ1) is 23.2. The number of fused-ring (bicyclic) bond motifs is 2. The lowest BCUT2D eigenvalue weighted by Gasteiger charge is -2.29. The number of likely N-dealkylation sites (tertiary alicyclic amines) is 1. The summed E-state index contributed by atoms with van der Waals surface area (Å²) in [7, 11) is 0. The van der Waals surface area contributed by atoms with Crippen molar-refractivity contribution in [3.05, 3.63) is 82.6 Å². The fraction of sp³-hybridized carbons (Fsp3) is 0.345. The van der Waals surface area contributed by atoms with Crippen molar-refractivity contribution in [2.45, 2.75) is 52.2 Å². The topological polar surface area (TPSA) is 71.5 Å². The molecular weight excluding hydrogens is 438 g/mol. The Morgan fingerprint density at radius 1 is 1.03 bits per heavy atom. The highest BCUT2D eigenvalue weighted by Gasteiger charge is 2.34. The van der Waals surface area contributed by atoms with Crippen LogP contribution in [-0.4, -0.2) is 40.5 Å². The molecule has 180 valence electrons. The van der Waals surface area contributed by atoms with E-state index in [1.165, 1.54) is 11.1 Å². The monoisotopic (exact) mass is 469 g/mol. The molecule has 0 radical (unpaired) electrons. The number of hydrogen-bond acceptors (Lipinski definition) is 5. The number of ether oxygens (including phenoxy) is 1. The lowest BCUT2D eigenvalue weighted by Crippen LogP contribution is -2.31. The van der Waals surface area contributed by atoms with Crippen LogP contribution < -0.4 is 5.32 Å². The average molecular weight is 470 g/mol. The first-order valence-electron chi connectivity index (χ1n) is 12.2. The molecule has 1 fully saturated rings. The number of ketones is 1. The number of Topliss-reactive ketones (excluding diaryl/α,β-unsaturated/α-hetero) is 1. The smallest absolute Gasteiger partial charge is 0.412 e. The zero-order chi connectivity index (χ0) is 24.6. The van der Waals surface area contributed by atoms with Gasteiger partial charge in [0.1, 0.15) is 5.60 Å².